The second kappa shape index (κ2) is 17.2. The van der Waals surface area contributed by atoms with E-state index < -0.39 is 41.7 Å². The minimum atomic E-state index is -0.953. The summed E-state index contributed by atoms with van der Waals surface area (Å²) in [7, 11) is 0. The maximum absolute atomic E-state index is 13.6. The van der Waals surface area contributed by atoms with Crippen LogP contribution in [0.25, 0.3) is 0 Å². The number of aromatic nitrogens is 1. The molecule has 2 aliphatic heterocycles. The summed E-state index contributed by atoms with van der Waals surface area (Å²) >= 11 is 0. The van der Waals surface area contributed by atoms with Crippen molar-refractivity contribution in [3.05, 3.63) is 24.4 Å². The van der Waals surface area contributed by atoms with E-state index in [0.29, 0.717) is 58.4 Å². The third-order valence-electron chi connectivity index (χ3n) is 7.73. The van der Waals surface area contributed by atoms with E-state index in [0.717, 1.165) is 5.82 Å². The molecule has 5 amide bonds. The number of amides is 5. The fourth-order valence-corrected chi connectivity index (χ4v) is 5.41. The van der Waals surface area contributed by atoms with Gasteiger partial charge in [-0.1, -0.05) is 19.9 Å². The molecular weight excluding hydrogens is 558 g/mol. The number of hydrogen-bond acceptors (Lipinski definition) is 9. The number of hydroxylamine groups is 1. The normalized spacial score (nSPS) is 22.7. The zero-order valence-corrected chi connectivity index (χ0v) is 25.0. The number of anilines is 1. The van der Waals surface area contributed by atoms with E-state index in [1.165, 1.54) is 0 Å². The molecule has 0 aliphatic carbocycles. The van der Waals surface area contributed by atoms with Gasteiger partial charge in [0.2, 0.25) is 23.6 Å². The first kappa shape index (κ1) is 33.6. The van der Waals surface area contributed by atoms with Crippen molar-refractivity contribution in [2.24, 2.45) is 17.8 Å². The Kier molecular flexibility index (Phi) is 13.5. The van der Waals surface area contributed by atoms with Crippen molar-refractivity contribution in [2.45, 2.75) is 58.4 Å². The topological polar surface area (TPSA) is 182 Å². The van der Waals surface area contributed by atoms with Crippen LogP contribution in [0.2, 0.25) is 0 Å². The van der Waals surface area contributed by atoms with Gasteiger partial charge < -0.3 is 30.5 Å². The molecular formula is C29H45N7O7. The highest BCUT2D eigenvalue weighted by atomic mass is 16.5. The van der Waals surface area contributed by atoms with Crippen LogP contribution >= 0.6 is 0 Å². The summed E-state index contributed by atoms with van der Waals surface area (Å²) in [6.45, 7) is 6.22. The molecule has 238 valence electrons. The van der Waals surface area contributed by atoms with Crippen molar-refractivity contribution in [1.82, 2.24) is 31.3 Å². The fourth-order valence-electron chi connectivity index (χ4n) is 5.41. The van der Waals surface area contributed by atoms with E-state index in [9.17, 15) is 29.2 Å². The van der Waals surface area contributed by atoms with Crippen LogP contribution in [0.4, 0.5) is 10.6 Å². The van der Waals surface area contributed by atoms with Crippen molar-refractivity contribution in [1.29, 1.82) is 0 Å². The number of nitrogens with one attached hydrogen (secondary N) is 4. The lowest BCUT2D eigenvalue weighted by atomic mass is 9.81. The molecule has 0 spiro atoms. The van der Waals surface area contributed by atoms with E-state index in [1.54, 1.807) is 16.6 Å². The molecule has 0 aromatic carbocycles. The van der Waals surface area contributed by atoms with Crippen LogP contribution in [0.1, 0.15) is 52.4 Å². The van der Waals surface area contributed by atoms with E-state index in [2.05, 4.69) is 25.8 Å². The number of carbonyl (C=O) groups is 5. The molecule has 0 saturated carbocycles. The summed E-state index contributed by atoms with van der Waals surface area (Å²) in [6, 6.07) is 4.73. The van der Waals surface area contributed by atoms with Gasteiger partial charge in [-0.3, -0.25) is 24.4 Å². The Morgan fingerprint density at radius 2 is 1.84 bits per heavy atom. The Morgan fingerprint density at radius 3 is 2.51 bits per heavy atom. The highest BCUT2D eigenvalue weighted by Gasteiger charge is 2.36. The summed E-state index contributed by atoms with van der Waals surface area (Å²) in [4.78, 5) is 72.5. The molecule has 1 aromatic rings. The van der Waals surface area contributed by atoms with Gasteiger partial charge in [-0.05, 0) is 56.6 Å². The predicted octanol–water partition coefficient (Wildman–Crippen LogP) is 0.805. The first-order valence-electron chi connectivity index (χ1n) is 15.1. The van der Waals surface area contributed by atoms with Crippen LogP contribution in [0.15, 0.2) is 24.4 Å². The molecule has 0 bridgehead atoms. The number of nitrogens with zero attached hydrogens (tertiary/aromatic N) is 3. The second-order valence-electron chi connectivity index (χ2n) is 11.4. The predicted molar refractivity (Wildman–Crippen MR) is 157 cm³/mol. The Morgan fingerprint density at radius 1 is 1.07 bits per heavy atom. The maximum Gasteiger partial charge on any atom is 0.407 e. The van der Waals surface area contributed by atoms with Crippen LogP contribution in [0, 0.1) is 17.8 Å². The Bertz CT molecular complexity index is 1080. The molecule has 0 radical (unpaired) electrons. The number of piperazine rings is 1. The average molecular weight is 604 g/mol. The van der Waals surface area contributed by atoms with Crippen molar-refractivity contribution < 1.29 is 33.9 Å². The summed E-state index contributed by atoms with van der Waals surface area (Å²) in [5.74, 6) is -2.78. The largest absolute Gasteiger partial charge is 0.450 e. The van der Waals surface area contributed by atoms with Crippen LogP contribution in [0.3, 0.4) is 0 Å². The van der Waals surface area contributed by atoms with Gasteiger partial charge in [0.15, 0.2) is 0 Å². The Balaban J connectivity index is 1.65. The van der Waals surface area contributed by atoms with Gasteiger partial charge in [-0.15, -0.1) is 0 Å². The molecule has 14 nitrogen and oxygen atoms in total. The van der Waals surface area contributed by atoms with Gasteiger partial charge in [0, 0.05) is 44.8 Å². The SMILES string of the molecule is CC(C)CC1C(=O)NC(C(=O)NCC(=O)N2CCN(c3ccccn3)CC2)CCCCNC(=O)OCCC[C@@H]1C(=O)NO. The minimum Gasteiger partial charge on any atom is -0.450 e. The van der Waals surface area contributed by atoms with Gasteiger partial charge in [0.25, 0.3) is 0 Å². The number of rotatable bonds is 7. The molecule has 2 saturated heterocycles. The number of pyridine rings is 1. The van der Waals surface area contributed by atoms with Crippen LogP contribution in [0.5, 0.6) is 0 Å². The third-order valence-corrected chi connectivity index (χ3v) is 7.73. The average Bonchev–Trinajstić information content (AvgIpc) is 3.01. The molecule has 2 unspecified atom stereocenters. The zero-order chi connectivity index (χ0) is 31.2. The highest BCUT2D eigenvalue weighted by molar-refractivity contribution is 5.93. The van der Waals surface area contributed by atoms with Gasteiger partial charge in [-0.25, -0.2) is 15.3 Å². The highest BCUT2D eigenvalue weighted by Crippen LogP contribution is 2.26. The van der Waals surface area contributed by atoms with Gasteiger partial charge in [0.05, 0.1) is 19.1 Å². The molecule has 3 heterocycles. The summed E-state index contributed by atoms with van der Waals surface area (Å²) < 4.78 is 5.16. The molecule has 3 rings (SSSR count). The summed E-state index contributed by atoms with van der Waals surface area (Å²) in [5.41, 5.74) is 1.65. The number of carbonyl (C=O) groups excluding carboxylic acids is 5. The second-order valence-corrected chi connectivity index (χ2v) is 11.4. The third kappa shape index (κ3) is 10.7. The van der Waals surface area contributed by atoms with E-state index in [4.69, 9.17) is 4.74 Å². The van der Waals surface area contributed by atoms with Crippen molar-refractivity contribution in [2.75, 3.05) is 50.8 Å². The standard InChI is InChI=1S/C29H45N7O7/c1-20(2)18-22-21(27(39)34-42)8-7-17-43-29(41)31-12-5-3-9-23(33-26(22)38)28(40)32-19-25(37)36-15-13-35(14-16-36)24-10-4-6-11-30-24/h4,6,10-11,20-23,42H,3,5,7-9,12-19H2,1-2H3,(H,31,41)(H,32,40)(H,33,38)(H,34,39)/t21-,22?,23?/m0/s1. The Labute approximate surface area is 252 Å². The summed E-state index contributed by atoms with van der Waals surface area (Å²) in [6.07, 6.45) is 3.26. The van der Waals surface area contributed by atoms with Gasteiger partial charge in [0.1, 0.15) is 11.9 Å². The molecule has 1 aromatic heterocycles. The quantitative estimate of drug-likeness (QED) is 0.222. The van der Waals surface area contributed by atoms with Crippen molar-refractivity contribution in [3.63, 3.8) is 0 Å². The smallest absolute Gasteiger partial charge is 0.407 e. The first-order valence-corrected chi connectivity index (χ1v) is 15.1. The summed E-state index contributed by atoms with van der Waals surface area (Å²) in [5, 5.41) is 17.5. The zero-order valence-electron chi connectivity index (χ0n) is 25.0. The van der Waals surface area contributed by atoms with Crippen LogP contribution in [-0.2, 0) is 23.9 Å². The monoisotopic (exact) mass is 603 g/mol. The first-order chi connectivity index (χ1) is 20.7. The van der Waals surface area contributed by atoms with E-state index in [-0.39, 0.29) is 37.8 Å². The lowest BCUT2D eigenvalue weighted by Gasteiger charge is -2.35. The van der Waals surface area contributed by atoms with Crippen molar-refractivity contribution in [3.8, 4) is 0 Å². The molecule has 43 heavy (non-hydrogen) atoms. The van der Waals surface area contributed by atoms with Gasteiger partial charge >= 0.3 is 6.09 Å². The van der Waals surface area contributed by atoms with Gasteiger partial charge in [-0.2, -0.15) is 0 Å². The molecule has 2 aliphatic rings. The number of ether oxygens (including phenoxy) is 1. The maximum atomic E-state index is 13.6. The number of alkyl carbamates (subject to hydrolysis) is 1. The van der Waals surface area contributed by atoms with Crippen LogP contribution < -0.4 is 26.3 Å². The molecule has 5 N–H and O–H groups in total. The van der Waals surface area contributed by atoms with E-state index >= 15 is 0 Å². The number of hydrogen-bond donors (Lipinski definition) is 5. The van der Waals surface area contributed by atoms with Crippen LogP contribution in [-0.4, -0.2) is 96.7 Å². The lowest BCUT2D eigenvalue weighted by Crippen LogP contribution is -2.54. The number of cyclic esters (lactones) is 1. The molecule has 2 fully saturated rings. The molecule has 14 heteroatoms. The fraction of sp³-hybridized carbons (Fsp3) is 0.655. The Hall–Kier alpha value is -3.94. The minimum absolute atomic E-state index is 0.0388. The van der Waals surface area contributed by atoms with E-state index in [1.807, 2.05) is 32.0 Å². The molecule has 3 atom stereocenters. The lowest BCUT2D eigenvalue weighted by molar-refractivity contribution is -0.142. The van der Waals surface area contributed by atoms with Crippen molar-refractivity contribution >= 4 is 35.5 Å².